The molecule has 0 unspecified atom stereocenters. The van der Waals surface area contributed by atoms with Crippen LogP contribution in [0.5, 0.6) is 0 Å². The molecule has 1 aromatic rings. The van der Waals surface area contributed by atoms with Crippen molar-refractivity contribution < 1.29 is 4.79 Å². The van der Waals surface area contributed by atoms with Crippen LogP contribution in [0.4, 0.5) is 10.7 Å². The van der Waals surface area contributed by atoms with E-state index in [1.807, 2.05) is 6.07 Å². The lowest BCUT2D eigenvalue weighted by Gasteiger charge is -2.32. The molecule has 0 spiro atoms. The second-order valence-corrected chi connectivity index (χ2v) is 7.35. The molecule has 26 heavy (non-hydrogen) atoms. The zero-order valence-electron chi connectivity index (χ0n) is 15.6. The van der Waals surface area contributed by atoms with Gasteiger partial charge < -0.3 is 20.9 Å². The zero-order chi connectivity index (χ0) is 18.0. The van der Waals surface area contributed by atoms with Gasteiger partial charge in [-0.2, -0.15) is 0 Å². The summed E-state index contributed by atoms with van der Waals surface area (Å²) in [4.78, 5) is 22.8. The van der Waals surface area contributed by atoms with Crippen LogP contribution in [0.3, 0.4) is 0 Å². The number of nitrogens with zero attached hydrogens (tertiary/aromatic N) is 3. The Morgan fingerprint density at radius 1 is 1.00 bits per heavy atom. The third-order valence-corrected chi connectivity index (χ3v) is 5.34. The zero-order valence-corrected chi connectivity index (χ0v) is 15.6. The maximum absolute atomic E-state index is 12.0. The van der Waals surface area contributed by atoms with E-state index >= 15 is 0 Å². The van der Waals surface area contributed by atoms with Gasteiger partial charge in [-0.1, -0.05) is 19.3 Å². The number of urea groups is 1. The Kier molecular flexibility index (Phi) is 7.49. The first-order valence-electron chi connectivity index (χ1n) is 10.1. The van der Waals surface area contributed by atoms with E-state index in [1.165, 1.54) is 32.1 Å². The van der Waals surface area contributed by atoms with E-state index in [1.54, 1.807) is 12.4 Å². The van der Waals surface area contributed by atoms with Crippen LogP contribution in [0.2, 0.25) is 0 Å². The largest absolute Gasteiger partial charge is 0.341 e. The first-order valence-corrected chi connectivity index (χ1v) is 10.1. The number of anilines is 1. The standard InChI is InChI=1S/C19H32N6O/c26-19(23-13-4-10-20-16-6-2-1-3-7-16)24-17-8-14-25(15-9-17)18-21-11-5-12-22-18/h5,11-12,16-17,20H,1-4,6-10,13-15H2,(H2,23,24,26). The van der Waals surface area contributed by atoms with E-state index in [4.69, 9.17) is 0 Å². The van der Waals surface area contributed by atoms with Crippen molar-refractivity contribution >= 4 is 12.0 Å². The van der Waals surface area contributed by atoms with E-state index < -0.39 is 0 Å². The molecular formula is C19H32N6O. The quantitative estimate of drug-likeness (QED) is 0.649. The van der Waals surface area contributed by atoms with Gasteiger partial charge in [-0.15, -0.1) is 0 Å². The van der Waals surface area contributed by atoms with E-state index in [0.717, 1.165) is 51.4 Å². The third-order valence-electron chi connectivity index (χ3n) is 5.34. The molecule has 2 heterocycles. The second kappa shape index (κ2) is 10.3. The van der Waals surface area contributed by atoms with Crippen LogP contribution in [-0.2, 0) is 0 Å². The van der Waals surface area contributed by atoms with Crippen LogP contribution < -0.4 is 20.9 Å². The number of carbonyl (C=O) groups is 1. The topological polar surface area (TPSA) is 82.2 Å². The molecular weight excluding hydrogens is 328 g/mol. The molecule has 1 aliphatic heterocycles. The molecule has 3 rings (SSSR count). The van der Waals surface area contributed by atoms with E-state index in [9.17, 15) is 4.79 Å². The summed E-state index contributed by atoms with van der Waals surface area (Å²) in [5.74, 6) is 0.779. The average Bonchev–Trinajstić information content (AvgIpc) is 2.70. The average molecular weight is 361 g/mol. The minimum atomic E-state index is -0.0444. The summed E-state index contributed by atoms with van der Waals surface area (Å²) in [6.07, 6.45) is 13.1. The van der Waals surface area contributed by atoms with Gasteiger partial charge in [-0.3, -0.25) is 0 Å². The van der Waals surface area contributed by atoms with Crippen LogP contribution in [0.1, 0.15) is 51.4 Å². The molecule has 1 aromatic heterocycles. The molecule has 3 N–H and O–H groups in total. The fourth-order valence-electron chi connectivity index (χ4n) is 3.82. The molecule has 7 nitrogen and oxygen atoms in total. The second-order valence-electron chi connectivity index (χ2n) is 7.35. The van der Waals surface area contributed by atoms with Gasteiger partial charge in [0, 0.05) is 44.1 Å². The van der Waals surface area contributed by atoms with Gasteiger partial charge in [0.25, 0.3) is 0 Å². The highest BCUT2D eigenvalue weighted by Gasteiger charge is 2.21. The minimum absolute atomic E-state index is 0.0444. The highest BCUT2D eigenvalue weighted by Crippen LogP contribution is 2.17. The number of amides is 2. The maximum atomic E-state index is 12.0. The molecule has 2 fully saturated rings. The lowest BCUT2D eigenvalue weighted by atomic mass is 9.95. The van der Waals surface area contributed by atoms with E-state index in [0.29, 0.717) is 6.04 Å². The van der Waals surface area contributed by atoms with E-state index in [-0.39, 0.29) is 12.1 Å². The van der Waals surface area contributed by atoms with Crippen molar-refractivity contribution in [3.8, 4) is 0 Å². The van der Waals surface area contributed by atoms with Gasteiger partial charge >= 0.3 is 6.03 Å². The number of aromatic nitrogens is 2. The van der Waals surface area contributed by atoms with Gasteiger partial charge in [0.2, 0.25) is 5.95 Å². The summed E-state index contributed by atoms with van der Waals surface area (Å²) in [6, 6.07) is 2.70. The molecule has 1 saturated heterocycles. The number of nitrogens with one attached hydrogen (secondary N) is 3. The molecule has 7 heteroatoms. The fraction of sp³-hybridized carbons (Fsp3) is 0.737. The third kappa shape index (κ3) is 6.12. The van der Waals surface area contributed by atoms with E-state index in [2.05, 4.69) is 30.8 Å². The van der Waals surface area contributed by atoms with Crippen molar-refractivity contribution in [2.24, 2.45) is 0 Å². The highest BCUT2D eigenvalue weighted by molar-refractivity contribution is 5.74. The molecule has 144 valence electrons. The summed E-state index contributed by atoms with van der Waals surface area (Å²) in [5, 5.41) is 9.68. The molecule has 0 bridgehead atoms. The Morgan fingerprint density at radius 2 is 1.73 bits per heavy atom. The molecule has 2 aliphatic rings. The van der Waals surface area contributed by atoms with Crippen LogP contribution >= 0.6 is 0 Å². The monoisotopic (exact) mass is 360 g/mol. The number of hydrogen-bond acceptors (Lipinski definition) is 5. The van der Waals surface area contributed by atoms with Crippen molar-refractivity contribution in [1.29, 1.82) is 0 Å². The van der Waals surface area contributed by atoms with Gasteiger partial charge in [0.05, 0.1) is 0 Å². The highest BCUT2D eigenvalue weighted by atomic mass is 16.2. The molecule has 0 atom stereocenters. The Bertz CT molecular complexity index is 526. The summed E-state index contributed by atoms with van der Waals surface area (Å²) in [6.45, 7) is 3.46. The predicted octanol–water partition coefficient (Wildman–Crippen LogP) is 2.06. The Hall–Kier alpha value is -1.89. The van der Waals surface area contributed by atoms with Gasteiger partial charge in [-0.25, -0.2) is 14.8 Å². The summed E-state index contributed by atoms with van der Waals surface area (Å²) in [7, 11) is 0. The van der Waals surface area contributed by atoms with Crippen LogP contribution in [0, 0.1) is 0 Å². The minimum Gasteiger partial charge on any atom is -0.341 e. The summed E-state index contributed by atoms with van der Waals surface area (Å²) >= 11 is 0. The maximum Gasteiger partial charge on any atom is 0.315 e. The number of carbonyl (C=O) groups excluding carboxylic acids is 1. The Morgan fingerprint density at radius 3 is 2.46 bits per heavy atom. The molecule has 0 aromatic carbocycles. The van der Waals surface area contributed by atoms with Crippen molar-refractivity contribution in [3.05, 3.63) is 18.5 Å². The van der Waals surface area contributed by atoms with Crippen molar-refractivity contribution in [2.75, 3.05) is 31.1 Å². The normalized spacial score (nSPS) is 19.3. The molecule has 1 saturated carbocycles. The first kappa shape index (κ1) is 18.9. The lowest BCUT2D eigenvalue weighted by Crippen LogP contribution is -2.48. The van der Waals surface area contributed by atoms with Crippen molar-refractivity contribution in [3.63, 3.8) is 0 Å². The van der Waals surface area contributed by atoms with Gasteiger partial charge in [0.15, 0.2) is 0 Å². The van der Waals surface area contributed by atoms with Crippen molar-refractivity contribution in [1.82, 2.24) is 25.9 Å². The number of piperidine rings is 1. The van der Waals surface area contributed by atoms with Crippen molar-refractivity contribution in [2.45, 2.75) is 63.5 Å². The first-order chi connectivity index (χ1) is 12.8. The number of rotatable bonds is 7. The number of hydrogen-bond donors (Lipinski definition) is 3. The Balaban J connectivity index is 1.24. The SMILES string of the molecule is O=C(NCCCNC1CCCCC1)NC1CCN(c2ncccn2)CC1. The van der Waals surface area contributed by atoms with Crippen LogP contribution in [0.15, 0.2) is 18.5 Å². The predicted molar refractivity (Wildman–Crippen MR) is 103 cm³/mol. The van der Waals surface area contributed by atoms with Gasteiger partial charge in [-0.05, 0) is 44.7 Å². The fourth-order valence-corrected chi connectivity index (χ4v) is 3.82. The summed E-state index contributed by atoms with van der Waals surface area (Å²) < 4.78 is 0. The van der Waals surface area contributed by atoms with Crippen LogP contribution in [0.25, 0.3) is 0 Å². The smallest absolute Gasteiger partial charge is 0.315 e. The van der Waals surface area contributed by atoms with Crippen LogP contribution in [-0.4, -0.2) is 54.3 Å². The van der Waals surface area contributed by atoms with Gasteiger partial charge in [0.1, 0.15) is 0 Å². The molecule has 2 amide bonds. The molecule has 0 radical (unpaired) electrons. The molecule has 1 aliphatic carbocycles. The Labute approximate surface area is 156 Å². The lowest BCUT2D eigenvalue weighted by molar-refractivity contribution is 0.234. The summed E-state index contributed by atoms with van der Waals surface area (Å²) in [5.41, 5.74) is 0.